The number of hydrogen-bond donors (Lipinski definition) is 2. The van der Waals surface area contributed by atoms with Crippen LogP contribution in [-0.2, 0) is 0 Å². The summed E-state index contributed by atoms with van der Waals surface area (Å²) in [5, 5.41) is 6.82. The molecule has 6 heteroatoms. The molecule has 0 saturated carbocycles. The van der Waals surface area contributed by atoms with Gasteiger partial charge in [0.15, 0.2) is 0 Å². The molecular weight excluding hydrogens is 309 g/mol. The first-order valence-corrected chi connectivity index (χ1v) is 7.21. The molecule has 110 valence electrons. The number of carbonyl (C=O) groups is 1. The maximum Gasteiger partial charge on any atom is 0.270 e. The number of amides is 1. The summed E-state index contributed by atoms with van der Waals surface area (Å²) in [5.74, 6) is -0.217. The van der Waals surface area contributed by atoms with E-state index in [0.29, 0.717) is 27.1 Å². The highest BCUT2D eigenvalue weighted by molar-refractivity contribution is 6.43. The number of rotatable bonds is 4. The van der Waals surface area contributed by atoms with Crippen molar-refractivity contribution >= 4 is 40.5 Å². The molecule has 0 unspecified atom stereocenters. The number of pyridine rings is 1. The fourth-order valence-corrected chi connectivity index (χ4v) is 2.07. The van der Waals surface area contributed by atoms with Crippen LogP contribution in [0.5, 0.6) is 0 Å². The van der Waals surface area contributed by atoms with Crippen molar-refractivity contribution in [1.29, 1.82) is 0 Å². The molecule has 0 aliphatic rings. The van der Waals surface area contributed by atoms with E-state index in [-0.39, 0.29) is 11.9 Å². The molecule has 1 aromatic heterocycles. The number of nitrogens with one attached hydrogen (secondary N) is 2. The number of aromatic nitrogens is 1. The number of nitrogens with zero attached hydrogens (tertiary/aromatic N) is 1. The second-order valence-electron chi connectivity index (χ2n) is 4.78. The highest BCUT2D eigenvalue weighted by Crippen LogP contribution is 2.31. The van der Waals surface area contributed by atoms with Gasteiger partial charge in [-0.15, -0.1) is 0 Å². The minimum Gasteiger partial charge on any atom is -0.354 e. The van der Waals surface area contributed by atoms with Crippen LogP contribution < -0.4 is 10.6 Å². The average Bonchev–Trinajstić information content (AvgIpc) is 2.43. The van der Waals surface area contributed by atoms with Gasteiger partial charge in [-0.05, 0) is 38.1 Å². The van der Waals surface area contributed by atoms with E-state index in [0.717, 1.165) is 0 Å². The average molecular weight is 324 g/mol. The van der Waals surface area contributed by atoms with Crippen LogP contribution in [0.1, 0.15) is 24.3 Å². The van der Waals surface area contributed by atoms with Gasteiger partial charge in [-0.3, -0.25) is 9.78 Å². The van der Waals surface area contributed by atoms with Gasteiger partial charge < -0.3 is 10.6 Å². The SMILES string of the molecule is CC(C)NC(=O)c1cc(Nc2cccc(Cl)c2Cl)ccn1. The molecule has 1 amide bonds. The van der Waals surface area contributed by atoms with Gasteiger partial charge in [0, 0.05) is 17.9 Å². The molecule has 0 bridgehead atoms. The van der Waals surface area contributed by atoms with E-state index in [1.807, 2.05) is 19.9 Å². The van der Waals surface area contributed by atoms with Crippen LogP contribution in [0.2, 0.25) is 10.0 Å². The second-order valence-corrected chi connectivity index (χ2v) is 5.57. The van der Waals surface area contributed by atoms with E-state index in [4.69, 9.17) is 23.2 Å². The van der Waals surface area contributed by atoms with Gasteiger partial charge in [0.1, 0.15) is 5.69 Å². The van der Waals surface area contributed by atoms with Crippen molar-refractivity contribution in [1.82, 2.24) is 10.3 Å². The Morgan fingerprint density at radius 2 is 2.00 bits per heavy atom. The van der Waals surface area contributed by atoms with Crippen molar-refractivity contribution in [2.75, 3.05) is 5.32 Å². The van der Waals surface area contributed by atoms with Crippen molar-refractivity contribution < 1.29 is 4.79 Å². The molecule has 0 spiro atoms. The van der Waals surface area contributed by atoms with Gasteiger partial charge in [0.05, 0.1) is 15.7 Å². The molecule has 0 atom stereocenters. The summed E-state index contributed by atoms with van der Waals surface area (Å²) in [4.78, 5) is 16.0. The zero-order valence-electron chi connectivity index (χ0n) is 11.7. The summed E-state index contributed by atoms with van der Waals surface area (Å²) < 4.78 is 0. The lowest BCUT2D eigenvalue weighted by Crippen LogP contribution is -2.30. The highest BCUT2D eigenvalue weighted by atomic mass is 35.5. The molecular formula is C15H15Cl2N3O. The molecule has 0 saturated heterocycles. The number of carbonyl (C=O) groups excluding carboxylic acids is 1. The molecule has 1 heterocycles. The van der Waals surface area contributed by atoms with E-state index in [2.05, 4.69) is 15.6 Å². The minimum atomic E-state index is -0.217. The Bertz CT molecular complexity index is 659. The topological polar surface area (TPSA) is 54.0 Å². The van der Waals surface area contributed by atoms with Gasteiger partial charge in [0.2, 0.25) is 0 Å². The molecule has 1 aromatic carbocycles. The largest absolute Gasteiger partial charge is 0.354 e. The molecule has 21 heavy (non-hydrogen) atoms. The van der Waals surface area contributed by atoms with Crippen LogP contribution in [0.4, 0.5) is 11.4 Å². The van der Waals surface area contributed by atoms with Gasteiger partial charge in [-0.1, -0.05) is 29.3 Å². The van der Waals surface area contributed by atoms with E-state index in [1.54, 1.807) is 30.5 Å². The Hall–Kier alpha value is -1.78. The van der Waals surface area contributed by atoms with Crippen LogP contribution in [-0.4, -0.2) is 16.9 Å². The predicted molar refractivity (Wildman–Crippen MR) is 86.6 cm³/mol. The third-order valence-corrected chi connectivity index (χ3v) is 3.46. The highest BCUT2D eigenvalue weighted by Gasteiger charge is 2.10. The number of hydrogen-bond acceptors (Lipinski definition) is 3. The molecule has 2 N–H and O–H groups in total. The fourth-order valence-electron chi connectivity index (χ4n) is 1.72. The van der Waals surface area contributed by atoms with Gasteiger partial charge >= 0.3 is 0 Å². The Kier molecular flexibility index (Phi) is 5.04. The third-order valence-electron chi connectivity index (χ3n) is 2.64. The zero-order chi connectivity index (χ0) is 15.4. The standard InChI is InChI=1S/C15H15Cl2N3O/c1-9(2)19-15(21)13-8-10(6-7-18-13)20-12-5-3-4-11(16)14(12)17/h3-9H,1-2H3,(H,18,20)(H,19,21). The van der Waals surface area contributed by atoms with Crippen LogP contribution in [0.3, 0.4) is 0 Å². The van der Waals surface area contributed by atoms with E-state index >= 15 is 0 Å². The molecule has 2 aromatic rings. The van der Waals surface area contributed by atoms with Crippen molar-refractivity contribution in [3.8, 4) is 0 Å². The van der Waals surface area contributed by atoms with E-state index in [1.165, 1.54) is 0 Å². The van der Waals surface area contributed by atoms with Gasteiger partial charge in [-0.2, -0.15) is 0 Å². The molecule has 2 rings (SSSR count). The first kappa shape index (κ1) is 15.6. The summed E-state index contributed by atoms with van der Waals surface area (Å²) >= 11 is 12.1. The summed E-state index contributed by atoms with van der Waals surface area (Å²) in [5.41, 5.74) is 1.72. The normalized spacial score (nSPS) is 10.5. The van der Waals surface area contributed by atoms with Crippen LogP contribution >= 0.6 is 23.2 Å². The Balaban J connectivity index is 2.22. The summed E-state index contributed by atoms with van der Waals surface area (Å²) in [7, 11) is 0. The predicted octanol–water partition coefficient (Wildman–Crippen LogP) is 4.27. The molecule has 4 nitrogen and oxygen atoms in total. The second kappa shape index (κ2) is 6.78. The monoisotopic (exact) mass is 323 g/mol. The Morgan fingerprint density at radius 3 is 2.71 bits per heavy atom. The molecule has 0 fully saturated rings. The van der Waals surface area contributed by atoms with Crippen molar-refractivity contribution in [3.05, 3.63) is 52.3 Å². The Morgan fingerprint density at radius 1 is 1.24 bits per heavy atom. The molecule has 0 aliphatic heterocycles. The van der Waals surface area contributed by atoms with Crippen LogP contribution in [0.15, 0.2) is 36.5 Å². The molecule has 0 aliphatic carbocycles. The summed E-state index contributed by atoms with van der Waals surface area (Å²) in [6.07, 6.45) is 1.57. The maximum atomic E-state index is 11.9. The summed E-state index contributed by atoms with van der Waals surface area (Å²) in [6.45, 7) is 3.79. The number of halogens is 2. The first-order valence-electron chi connectivity index (χ1n) is 6.45. The van der Waals surface area contributed by atoms with Crippen molar-refractivity contribution in [2.24, 2.45) is 0 Å². The van der Waals surface area contributed by atoms with E-state index < -0.39 is 0 Å². The van der Waals surface area contributed by atoms with Crippen LogP contribution in [0, 0.1) is 0 Å². The smallest absolute Gasteiger partial charge is 0.270 e. The number of anilines is 2. The minimum absolute atomic E-state index is 0.0540. The first-order chi connectivity index (χ1) is 9.97. The van der Waals surface area contributed by atoms with Crippen molar-refractivity contribution in [2.45, 2.75) is 19.9 Å². The summed E-state index contributed by atoms with van der Waals surface area (Å²) in [6, 6.07) is 8.78. The fraction of sp³-hybridized carbons (Fsp3) is 0.200. The van der Waals surface area contributed by atoms with Gasteiger partial charge in [0.25, 0.3) is 5.91 Å². The quantitative estimate of drug-likeness (QED) is 0.883. The lowest BCUT2D eigenvalue weighted by molar-refractivity contribution is 0.0938. The molecule has 0 radical (unpaired) electrons. The lowest BCUT2D eigenvalue weighted by atomic mass is 10.2. The van der Waals surface area contributed by atoms with Crippen molar-refractivity contribution in [3.63, 3.8) is 0 Å². The Labute approximate surface area is 133 Å². The zero-order valence-corrected chi connectivity index (χ0v) is 13.2. The number of benzene rings is 1. The maximum absolute atomic E-state index is 11.9. The van der Waals surface area contributed by atoms with Gasteiger partial charge in [-0.25, -0.2) is 0 Å². The lowest BCUT2D eigenvalue weighted by Gasteiger charge is -2.11. The van der Waals surface area contributed by atoms with Crippen LogP contribution in [0.25, 0.3) is 0 Å². The third kappa shape index (κ3) is 4.09. The van der Waals surface area contributed by atoms with E-state index in [9.17, 15) is 4.79 Å².